The van der Waals surface area contributed by atoms with Crippen molar-refractivity contribution in [1.82, 2.24) is 24.4 Å². The van der Waals surface area contributed by atoms with Crippen LogP contribution in [0.5, 0.6) is 5.75 Å². The fraction of sp³-hybridized carbons (Fsp3) is 0.217. The predicted octanol–water partition coefficient (Wildman–Crippen LogP) is 2.94. The van der Waals surface area contributed by atoms with E-state index in [0.29, 0.717) is 23.4 Å². The minimum Gasteiger partial charge on any atom is -0.491 e. The summed E-state index contributed by atoms with van der Waals surface area (Å²) in [6.45, 7) is 0.688. The van der Waals surface area contributed by atoms with Crippen molar-refractivity contribution < 1.29 is 9.84 Å². The molecule has 0 amide bonds. The Hall–Kier alpha value is -3.44. The maximum atomic E-state index is 12.8. The third kappa shape index (κ3) is 5.63. The van der Waals surface area contributed by atoms with E-state index in [1.54, 1.807) is 42.5 Å². The zero-order valence-electron chi connectivity index (χ0n) is 18.9. The zero-order valence-corrected chi connectivity index (χ0v) is 20.4. The van der Waals surface area contributed by atoms with Gasteiger partial charge in [-0.2, -0.15) is 4.98 Å². The van der Waals surface area contributed by atoms with Gasteiger partial charge in [0.1, 0.15) is 23.9 Å². The lowest BCUT2D eigenvalue weighted by Gasteiger charge is -2.16. The minimum atomic E-state index is -0.611. The van der Waals surface area contributed by atoms with Crippen LogP contribution in [0.3, 0.4) is 0 Å². The van der Waals surface area contributed by atoms with Crippen LogP contribution in [0.1, 0.15) is 0 Å². The second kappa shape index (κ2) is 10.4. The molecule has 10 nitrogen and oxygen atoms in total. The van der Waals surface area contributed by atoms with Gasteiger partial charge in [0.05, 0.1) is 21.1 Å². The number of aliphatic hydroxyl groups excluding tert-OH is 1. The van der Waals surface area contributed by atoms with Crippen molar-refractivity contribution in [3.63, 3.8) is 0 Å². The Labute approximate surface area is 210 Å². The number of fused-ring (bicyclic) bond motifs is 1. The highest BCUT2D eigenvalue weighted by molar-refractivity contribution is 6.37. The Bertz CT molecular complexity index is 1450. The Morgan fingerprint density at radius 3 is 2.54 bits per heavy atom. The van der Waals surface area contributed by atoms with Crippen molar-refractivity contribution in [1.29, 1.82) is 5.41 Å². The summed E-state index contributed by atoms with van der Waals surface area (Å²) in [5.74, 6) is 0.843. The molecule has 2 heterocycles. The topological polar surface area (TPSA) is 132 Å². The largest absolute Gasteiger partial charge is 0.491 e. The van der Waals surface area contributed by atoms with Crippen LogP contribution >= 0.6 is 23.2 Å². The van der Waals surface area contributed by atoms with Gasteiger partial charge in [0, 0.05) is 18.4 Å². The molecule has 0 aliphatic rings. The standard InChI is InChI=1S/C23H23Cl2N7O3/c1-31(2)11-14(33)12-35-15-8-6-13(7-9-15)28-22-27-10-16-20(26)32(23(34)30-21(16)29-22)19-17(24)4-3-5-18(19)25/h3-10,14,26,33H,11-12H2,1-2H3,(H2,27,28,29,30,34). The fourth-order valence-electron chi connectivity index (χ4n) is 3.44. The minimum absolute atomic E-state index is 0.150. The number of halogens is 2. The van der Waals surface area contributed by atoms with E-state index in [4.69, 9.17) is 33.3 Å². The number of aromatic amines is 1. The van der Waals surface area contributed by atoms with Gasteiger partial charge < -0.3 is 20.1 Å². The van der Waals surface area contributed by atoms with Crippen LogP contribution in [0.2, 0.25) is 10.0 Å². The second-order valence-electron chi connectivity index (χ2n) is 8.02. The van der Waals surface area contributed by atoms with Gasteiger partial charge in [-0.1, -0.05) is 29.3 Å². The number of benzene rings is 2. The van der Waals surface area contributed by atoms with Crippen LogP contribution < -0.4 is 21.2 Å². The van der Waals surface area contributed by atoms with E-state index >= 15 is 0 Å². The van der Waals surface area contributed by atoms with E-state index in [1.807, 2.05) is 19.0 Å². The number of hydrogen-bond acceptors (Lipinski definition) is 8. The van der Waals surface area contributed by atoms with E-state index in [2.05, 4.69) is 20.3 Å². The molecule has 0 saturated carbocycles. The number of likely N-dealkylation sites (N-methyl/N-ethyl adjacent to an activating group) is 1. The van der Waals surface area contributed by atoms with Crippen LogP contribution in [0.15, 0.2) is 53.5 Å². The van der Waals surface area contributed by atoms with E-state index in [1.165, 1.54) is 6.20 Å². The molecule has 1 unspecified atom stereocenters. The number of hydrogen-bond donors (Lipinski definition) is 4. The number of aliphatic hydroxyl groups is 1. The molecule has 182 valence electrons. The fourth-order valence-corrected chi connectivity index (χ4v) is 4.00. The Morgan fingerprint density at radius 1 is 1.20 bits per heavy atom. The molecular formula is C23H23Cl2N7O3. The molecule has 1 atom stereocenters. The summed E-state index contributed by atoms with van der Waals surface area (Å²) in [4.78, 5) is 25.9. The number of rotatable bonds is 8. The molecule has 35 heavy (non-hydrogen) atoms. The molecule has 0 fully saturated rings. The third-order valence-corrected chi connectivity index (χ3v) is 5.60. The average molecular weight is 516 g/mol. The molecule has 0 bridgehead atoms. The summed E-state index contributed by atoms with van der Waals surface area (Å²) < 4.78 is 6.69. The summed E-state index contributed by atoms with van der Waals surface area (Å²) >= 11 is 12.5. The number of para-hydroxylation sites is 1. The van der Waals surface area contributed by atoms with Crippen molar-refractivity contribution in [2.24, 2.45) is 0 Å². The summed E-state index contributed by atoms with van der Waals surface area (Å²) in [5.41, 5.74) is 0.325. The van der Waals surface area contributed by atoms with Crippen molar-refractivity contribution in [2.45, 2.75) is 6.10 Å². The third-order valence-electron chi connectivity index (χ3n) is 4.99. The highest BCUT2D eigenvalue weighted by Gasteiger charge is 2.15. The maximum absolute atomic E-state index is 12.8. The van der Waals surface area contributed by atoms with Crippen LogP contribution in [0.25, 0.3) is 16.7 Å². The first-order chi connectivity index (χ1) is 16.7. The lowest BCUT2D eigenvalue weighted by molar-refractivity contribution is 0.0831. The molecule has 12 heteroatoms. The van der Waals surface area contributed by atoms with Gasteiger partial charge in [-0.25, -0.2) is 14.3 Å². The van der Waals surface area contributed by atoms with E-state index in [9.17, 15) is 9.90 Å². The number of nitrogens with one attached hydrogen (secondary N) is 3. The van der Waals surface area contributed by atoms with Gasteiger partial charge in [-0.15, -0.1) is 0 Å². The van der Waals surface area contributed by atoms with Gasteiger partial charge in [0.2, 0.25) is 5.95 Å². The Balaban J connectivity index is 1.55. The molecule has 4 aromatic rings. The van der Waals surface area contributed by atoms with Crippen LogP contribution in [-0.4, -0.2) is 62.9 Å². The number of ether oxygens (including phenoxy) is 1. The molecule has 2 aromatic carbocycles. The first-order valence-corrected chi connectivity index (χ1v) is 11.3. The van der Waals surface area contributed by atoms with Gasteiger partial charge in [-0.3, -0.25) is 10.4 Å². The molecule has 2 aromatic heterocycles. The smallest absolute Gasteiger partial charge is 0.333 e. The van der Waals surface area contributed by atoms with Gasteiger partial charge >= 0.3 is 5.69 Å². The van der Waals surface area contributed by atoms with Crippen LogP contribution in [0, 0.1) is 5.41 Å². The summed E-state index contributed by atoms with van der Waals surface area (Å²) in [6, 6.07) is 11.9. The maximum Gasteiger partial charge on any atom is 0.333 e. The quantitative estimate of drug-likeness (QED) is 0.283. The van der Waals surface area contributed by atoms with Gasteiger partial charge in [0.25, 0.3) is 0 Å². The number of aromatic nitrogens is 4. The lowest BCUT2D eigenvalue weighted by Crippen LogP contribution is -2.34. The molecule has 4 rings (SSSR count). The molecule has 0 aliphatic carbocycles. The summed E-state index contributed by atoms with van der Waals surface area (Å²) in [5, 5.41) is 22.3. The first kappa shape index (κ1) is 24.7. The van der Waals surface area contributed by atoms with E-state index in [-0.39, 0.29) is 39.4 Å². The molecule has 0 aliphatic heterocycles. The first-order valence-electron chi connectivity index (χ1n) is 10.6. The average Bonchev–Trinajstić information content (AvgIpc) is 2.80. The normalized spacial score (nSPS) is 12.2. The van der Waals surface area contributed by atoms with Crippen molar-refractivity contribution >= 4 is 45.9 Å². The highest BCUT2D eigenvalue weighted by atomic mass is 35.5. The Morgan fingerprint density at radius 2 is 1.89 bits per heavy atom. The van der Waals surface area contributed by atoms with Crippen molar-refractivity contribution in [3.8, 4) is 11.4 Å². The molecule has 0 saturated heterocycles. The Kier molecular flexibility index (Phi) is 7.37. The molecule has 0 radical (unpaired) electrons. The van der Waals surface area contributed by atoms with Crippen molar-refractivity contribution in [2.75, 3.05) is 32.6 Å². The van der Waals surface area contributed by atoms with Gasteiger partial charge in [0.15, 0.2) is 5.65 Å². The van der Waals surface area contributed by atoms with Crippen molar-refractivity contribution in [3.05, 3.63) is 74.7 Å². The zero-order chi connectivity index (χ0) is 25.1. The summed E-state index contributed by atoms with van der Waals surface area (Å²) in [7, 11) is 3.76. The monoisotopic (exact) mass is 515 g/mol. The predicted molar refractivity (Wildman–Crippen MR) is 135 cm³/mol. The van der Waals surface area contributed by atoms with Crippen LogP contribution in [0.4, 0.5) is 11.6 Å². The van der Waals surface area contributed by atoms with E-state index < -0.39 is 11.8 Å². The number of H-pyrrole nitrogens is 1. The SMILES string of the molecule is CN(C)CC(O)COc1ccc(Nc2ncc3c(=N)n(-c4c(Cl)cccc4Cl)c(=O)[nH]c3n2)cc1. The van der Waals surface area contributed by atoms with E-state index in [0.717, 1.165) is 4.57 Å². The summed E-state index contributed by atoms with van der Waals surface area (Å²) in [6.07, 6.45) is 0.846. The van der Waals surface area contributed by atoms with Crippen LogP contribution in [-0.2, 0) is 0 Å². The molecule has 0 spiro atoms. The number of anilines is 2. The second-order valence-corrected chi connectivity index (χ2v) is 8.83. The lowest BCUT2D eigenvalue weighted by atomic mass is 10.3. The number of nitrogens with zero attached hydrogens (tertiary/aromatic N) is 4. The van der Waals surface area contributed by atoms with Gasteiger partial charge in [-0.05, 0) is 50.5 Å². The highest BCUT2D eigenvalue weighted by Crippen LogP contribution is 2.26. The molecule has 4 N–H and O–H groups in total. The molecular weight excluding hydrogens is 493 g/mol.